The zero-order chi connectivity index (χ0) is 16.9. The highest BCUT2D eigenvalue weighted by Gasteiger charge is 2.07. The Kier molecular flexibility index (Phi) is 4.72. The molecule has 0 saturated carbocycles. The normalized spacial score (nSPS) is 10.3. The van der Waals surface area contributed by atoms with Crippen molar-refractivity contribution in [3.63, 3.8) is 0 Å². The van der Waals surface area contributed by atoms with Gasteiger partial charge in [0, 0.05) is 10.7 Å². The lowest BCUT2D eigenvalue weighted by atomic mass is 10.3. The summed E-state index contributed by atoms with van der Waals surface area (Å²) in [7, 11) is 1.56. The Morgan fingerprint density at radius 1 is 1.12 bits per heavy atom. The quantitative estimate of drug-likeness (QED) is 0.723. The number of nitrogens with zero attached hydrogens (tertiary/aromatic N) is 3. The first-order chi connectivity index (χ1) is 11.6. The molecule has 0 radical (unpaired) electrons. The van der Waals surface area contributed by atoms with Crippen LogP contribution in [-0.4, -0.2) is 22.3 Å². The van der Waals surface area contributed by atoms with Crippen molar-refractivity contribution in [2.24, 2.45) is 0 Å². The topological polar surface area (TPSA) is 72.0 Å². The number of methoxy groups -OCH3 is 1. The fraction of sp³-hybridized carbons (Fsp3) is 0.0625. The van der Waals surface area contributed by atoms with Gasteiger partial charge in [0.1, 0.15) is 11.6 Å². The molecule has 0 amide bonds. The molecule has 0 saturated heterocycles. The zero-order valence-corrected chi connectivity index (χ0v) is 13.4. The summed E-state index contributed by atoms with van der Waals surface area (Å²) in [6, 6.07) is 11.2. The summed E-state index contributed by atoms with van der Waals surface area (Å²) < 4.78 is 18.5. The third-order valence-electron chi connectivity index (χ3n) is 3.06. The number of ether oxygens (including phenoxy) is 1. The highest BCUT2D eigenvalue weighted by molar-refractivity contribution is 6.31. The summed E-state index contributed by atoms with van der Waals surface area (Å²) in [6.45, 7) is 0. The lowest BCUT2D eigenvalue weighted by Crippen LogP contribution is -2.03. The van der Waals surface area contributed by atoms with E-state index < -0.39 is 0 Å². The SMILES string of the molecule is COc1ccc(Cl)cc1Nc1cnnc(Nc2cccc(F)c2)n1. The summed E-state index contributed by atoms with van der Waals surface area (Å²) in [4.78, 5) is 4.28. The molecule has 2 N–H and O–H groups in total. The van der Waals surface area contributed by atoms with Crippen molar-refractivity contribution in [2.45, 2.75) is 0 Å². The van der Waals surface area contributed by atoms with Crippen molar-refractivity contribution in [1.82, 2.24) is 15.2 Å². The van der Waals surface area contributed by atoms with Gasteiger partial charge in [-0.05, 0) is 36.4 Å². The van der Waals surface area contributed by atoms with E-state index in [9.17, 15) is 4.39 Å². The van der Waals surface area contributed by atoms with Crippen LogP contribution in [0, 0.1) is 5.82 Å². The van der Waals surface area contributed by atoms with Crippen molar-refractivity contribution >= 4 is 34.7 Å². The van der Waals surface area contributed by atoms with Gasteiger partial charge in [-0.1, -0.05) is 17.7 Å². The molecule has 3 rings (SSSR count). The lowest BCUT2D eigenvalue weighted by molar-refractivity contribution is 0.417. The summed E-state index contributed by atoms with van der Waals surface area (Å²) in [5, 5.41) is 14.3. The minimum absolute atomic E-state index is 0.228. The van der Waals surface area contributed by atoms with Gasteiger partial charge in [0.25, 0.3) is 0 Å². The average Bonchev–Trinajstić information content (AvgIpc) is 2.55. The molecule has 1 heterocycles. The van der Waals surface area contributed by atoms with E-state index in [1.807, 2.05) is 0 Å². The van der Waals surface area contributed by atoms with Gasteiger partial charge < -0.3 is 15.4 Å². The molecule has 0 spiro atoms. The maximum Gasteiger partial charge on any atom is 0.249 e. The fourth-order valence-electron chi connectivity index (χ4n) is 2.03. The average molecular weight is 346 g/mol. The van der Waals surface area contributed by atoms with Crippen LogP contribution in [0.1, 0.15) is 0 Å². The fourth-order valence-corrected chi connectivity index (χ4v) is 2.20. The predicted octanol–water partition coefficient (Wildman–Crippen LogP) is 4.16. The molecule has 2 aromatic carbocycles. The number of aromatic nitrogens is 3. The van der Waals surface area contributed by atoms with E-state index in [1.54, 1.807) is 37.4 Å². The van der Waals surface area contributed by atoms with Crippen molar-refractivity contribution in [2.75, 3.05) is 17.7 Å². The molecule has 0 aliphatic rings. The van der Waals surface area contributed by atoms with E-state index in [2.05, 4.69) is 25.8 Å². The molecule has 6 nitrogen and oxygen atoms in total. The second-order valence-corrected chi connectivity index (χ2v) is 5.21. The van der Waals surface area contributed by atoms with E-state index in [1.165, 1.54) is 18.3 Å². The first kappa shape index (κ1) is 15.9. The van der Waals surface area contributed by atoms with Crippen LogP contribution in [0.5, 0.6) is 5.75 Å². The molecule has 122 valence electrons. The largest absolute Gasteiger partial charge is 0.495 e. The lowest BCUT2D eigenvalue weighted by Gasteiger charge is -2.11. The number of benzene rings is 2. The van der Waals surface area contributed by atoms with Gasteiger partial charge in [-0.2, -0.15) is 10.1 Å². The van der Waals surface area contributed by atoms with Crippen molar-refractivity contribution in [3.8, 4) is 5.75 Å². The summed E-state index contributed by atoms with van der Waals surface area (Å²) in [5.41, 5.74) is 1.16. The van der Waals surface area contributed by atoms with Crippen LogP contribution in [0.3, 0.4) is 0 Å². The van der Waals surface area contributed by atoms with Crippen molar-refractivity contribution in [1.29, 1.82) is 0 Å². The van der Waals surface area contributed by atoms with Crippen LogP contribution in [0.15, 0.2) is 48.7 Å². The van der Waals surface area contributed by atoms with Gasteiger partial charge >= 0.3 is 0 Å². The van der Waals surface area contributed by atoms with Gasteiger partial charge in [0.15, 0.2) is 5.82 Å². The van der Waals surface area contributed by atoms with Crippen LogP contribution in [0.2, 0.25) is 5.02 Å². The summed E-state index contributed by atoms with van der Waals surface area (Å²) >= 11 is 6.00. The summed E-state index contributed by atoms with van der Waals surface area (Å²) in [6.07, 6.45) is 1.46. The van der Waals surface area contributed by atoms with Crippen LogP contribution in [0.25, 0.3) is 0 Å². The molecule has 0 aliphatic heterocycles. The summed E-state index contributed by atoms with van der Waals surface area (Å²) in [5.74, 6) is 0.916. The van der Waals surface area contributed by atoms with Gasteiger partial charge in [0.2, 0.25) is 5.95 Å². The Hall–Kier alpha value is -2.93. The molecule has 3 aromatic rings. The van der Waals surface area contributed by atoms with Crippen LogP contribution in [0.4, 0.5) is 27.5 Å². The number of anilines is 4. The molecule has 0 bridgehead atoms. The third-order valence-corrected chi connectivity index (χ3v) is 3.30. The first-order valence-electron chi connectivity index (χ1n) is 6.97. The Balaban J connectivity index is 1.82. The maximum absolute atomic E-state index is 13.2. The third kappa shape index (κ3) is 3.88. The highest BCUT2D eigenvalue weighted by Crippen LogP contribution is 2.30. The second-order valence-electron chi connectivity index (χ2n) is 4.77. The number of nitrogens with one attached hydrogen (secondary N) is 2. The Bertz CT molecular complexity index is 861. The van der Waals surface area contributed by atoms with E-state index in [0.29, 0.717) is 28.0 Å². The van der Waals surface area contributed by atoms with Crippen LogP contribution >= 0.6 is 11.6 Å². The van der Waals surface area contributed by atoms with Crippen molar-refractivity contribution < 1.29 is 9.13 Å². The number of halogens is 2. The highest BCUT2D eigenvalue weighted by atomic mass is 35.5. The molecule has 0 aliphatic carbocycles. The number of rotatable bonds is 5. The zero-order valence-electron chi connectivity index (χ0n) is 12.6. The van der Waals surface area contributed by atoms with Crippen molar-refractivity contribution in [3.05, 3.63) is 59.5 Å². The molecule has 1 aromatic heterocycles. The van der Waals surface area contributed by atoms with Gasteiger partial charge in [0.05, 0.1) is 19.0 Å². The van der Waals surface area contributed by atoms with Crippen LogP contribution in [-0.2, 0) is 0 Å². The molecule has 24 heavy (non-hydrogen) atoms. The Labute approximate surface area is 142 Å². The van der Waals surface area contributed by atoms with Gasteiger partial charge in [-0.3, -0.25) is 0 Å². The minimum Gasteiger partial charge on any atom is -0.495 e. The van der Waals surface area contributed by atoms with E-state index in [0.717, 1.165) is 0 Å². The van der Waals surface area contributed by atoms with E-state index >= 15 is 0 Å². The second kappa shape index (κ2) is 7.10. The number of hydrogen-bond donors (Lipinski definition) is 2. The standard InChI is InChI=1S/C16H13ClFN5O/c1-24-14-6-5-10(17)7-13(14)21-15-9-19-23-16(22-15)20-12-4-2-3-11(18)8-12/h2-9H,1H3,(H2,20,21,22,23). The van der Waals surface area contributed by atoms with E-state index in [-0.39, 0.29) is 11.8 Å². The molecule has 0 atom stereocenters. The number of hydrogen-bond acceptors (Lipinski definition) is 6. The smallest absolute Gasteiger partial charge is 0.249 e. The maximum atomic E-state index is 13.2. The Morgan fingerprint density at radius 2 is 2.00 bits per heavy atom. The van der Waals surface area contributed by atoms with Gasteiger partial charge in [-0.25, -0.2) is 4.39 Å². The molecule has 0 fully saturated rings. The molecule has 0 unspecified atom stereocenters. The molecular weight excluding hydrogens is 333 g/mol. The van der Waals surface area contributed by atoms with E-state index in [4.69, 9.17) is 16.3 Å². The Morgan fingerprint density at radius 3 is 2.79 bits per heavy atom. The van der Waals surface area contributed by atoms with Gasteiger partial charge in [-0.15, -0.1) is 5.10 Å². The monoisotopic (exact) mass is 345 g/mol. The molecular formula is C16H13ClFN5O. The van der Waals surface area contributed by atoms with Crippen LogP contribution < -0.4 is 15.4 Å². The minimum atomic E-state index is -0.356. The molecule has 8 heteroatoms. The predicted molar refractivity (Wildman–Crippen MR) is 90.8 cm³/mol. The first-order valence-corrected chi connectivity index (χ1v) is 7.35.